The molecule has 4 heteroatoms. The molecule has 104 valence electrons. The molecule has 0 aliphatic carbocycles. The molecule has 0 aromatic carbocycles. The maximum Gasteiger partial charge on any atom is 0.104 e. The average Bonchev–Trinajstić information content (AvgIpc) is 2.78. The molecule has 2 heterocycles. The van der Waals surface area contributed by atoms with Crippen molar-refractivity contribution in [1.82, 2.24) is 9.80 Å². The van der Waals surface area contributed by atoms with Gasteiger partial charge in [0.25, 0.3) is 0 Å². The van der Waals surface area contributed by atoms with Crippen LogP contribution in [-0.2, 0) is 6.54 Å². The van der Waals surface area contributed by atoms with E-state index in [0.29, 0.717) is 0 Å². The van der Waals surface area contributed by atoms with Crippen molar-refractivity contribution in [2.75, 3.05) is 33.3 Å². The highest BCUT2D eigenvalue weighted by atomic mass is 32.1. The first-order valence-electron chi connectivity index (χ1n) is 6.62. The van der Waals surface area contributed by atoms with E-state index in [9.17, 15) is 0 Å². The van der Waals surface area contributed by atoms with E-state index >= 15 is 0 Å². The minimum Gasteiger partial charge on any atom is -0.384 e. The topological polar surface area (TPSA) is 26.7 Å². The van der Waals surface area contributed by atoms with E-state index in [1.165, 1.54) is 4.88 Å². The molecule has 0 amide bonds. The predicted molar refractivity (Wildman–Crippen MR) is 80.3 cm³/mol. The summed E-state index contributed by atoms with van der Waals surface area (Å²) >= 11 is 1.76. The van der Waals surface area contributed by atoms with Crippen molar-refractivity contribution in [1.29, 1.82) is 0 Å². The molecule has 1 saturated heterocycles. The predicted octanol–water partition coefficient (Wildman–Crippen LogP) is 1.62. The van der Waals surface area contributed by atoms with Crippen LogP contribution in [0, 0.1) is 11.8 Å². The zero-order chi connectivity index (χ0) is 13.9. The van der Waals surface area contributed by atoms with Gasteiger partial charge >= 0.3 is 0 Å². The Morgan fingerprint density at radius 2 is 2.21 bits per heavy atom. The Balaban J connectivity index is 1.96. The van der Waals surface area contributed by atoms with Crippen LogP contribution in [0.25, 0.3) is 0 Å². The van der Waals surface area contributed by atoms with Crippen LogP contribution >= 0.6 is 11.3 Å². The molecule has 0 radical (unpaired) electrons. The van der Waals surface area contributed by atoms with Gasteiger partial charge in [-0.3, -0.25) is 9.80 Å². The van der Waals surface area contributed by atoms with Crippen molar-refractivity contribution in [2.45, 2.75) is 25.9 Å². The van der Waals surface area contributed by atoms with E-state index in [0.717, 1.165) is 31.7 Å². The van der Waals surface area contributed by atoms with E-state index in [1.54, 1.807) is 11.3 Å². The first-order valence-corrected chi connectivity index (χ1v) is 7.50. The average molecular weight is 278 g/mol. The van der Waals surface area contributed by atoms with E-state index in [1.807, 2.05) is 0 Å². The van der Waals surface area contributed by atoms with Crippen molar-refractivity contribution >= 4 is 11.3 Å². The van der Waals surface area contributed by atoms with Crippen molar-refractivity contribution in [3.63, 3.8) is 0 Å². The van der Waals surface area contributed by atoms with Crippen LogP contribution < -0.4 is 0 Å². The molecule has 1 aromatic heterocycles. The van der Waals surface area contributed by atoms with Gasteiger partial charge < -0.3 is 5.11 Å². The van der Waals surface area contributed by atoms with Crippen molar-refractivity contribution in [3.05, 3.63) is 21.9 Å². The minimum absolute atomic E-state index is 0.0716. The summed E-state index contributed by atoms with van der Waals surface area (Å²) in [7, 11) is 2.20. The van der Waals surface area contributed by atoms with Gasteiger partial charge in [-0.15, -0.1) is 11.3 Å². The Hall–Kier alpha value is -0.860. The SMILES string of the molecule is CN1CCN(Cc2cc(C#CCO)cs2)CC1(C)C. The van der Waals surface area contributed by atoms with Crippen LogP contribution in [0.15, 0.2) is 11.4 Å². The monoisotopic (exact) mass is 278 g/mol. The molecule has 0 spiro atoms. The fraction of sp³-hybridized carbons (Fsp3) is 0.600. The first-order chi connectivity index (χ1) is 9.01. The summed E-state index contributed by atoms with van der Waals surface area (Å²) in [5, 5.41) is 10.8. The van der Waals surface area contributed by atoms with Gasteiger partial charge in [0.15, 0.2) is 0 Å². The summed E-state index contributed by atoms with van der Waals surface area (Å²) in [6.07, 6.45) is 0. The lowest BCUT2D eigenvalue weighted by atomic mass is 10.00. The number of aliphatic hydroxyl groups is 1. The fourth-order valence-corrected chi connectivity index (χ4v) is 3.22. The second-order valence-electron chi connectivity index (χ2n) is 5.71. The van der Waals surface area contributed by atoms with Crippen molar-refractivity contribution in [3.8, 4) is 11.8 Å². The number of rotatable bonds is 2. The highest BCUT2D eigenvalue weighted by Gasteiger charge is 2.30. The van der Waals surface area contributed by atoms with Gasteiger partial charge in [-0.1, -0.05) is 11.8 Å². The lowest BCUT2D eigenvalue weighted by Crippen LogP contribution is -2.57. The number of hydrogen-bond donors (Lipinski definition) is 1. The molecular weight excluding hydrogens is 256 g/mol. The number of likely N-dealkylation sites (N-methyl/N-ethyl adjacent to an activating group) is 1. The van der Waals surface area contributed by atoms with E-state index in [2.05, 4.69) is 54.0 Å². The van der Waals surface area contributed by atoms with Gasteiger partial charge in [-0.25, -0.2) is 0 Å². The Kier molecular flexibility index (Phi) is 4.64. The van der Waals surface area contributed by atoms with Gasteiger partial charge in [0.2, 0.25) is 0 Å². The van der Waals surface area contributed by atoms with Gasteiger partial charge in [-0.05, 0) is 27.0 Å². The quantitative estimate of drug-likeness (QED) is 0.833. The Bertz CT molecular complexity index is 484. The molecule has 1 aromatic rings. The van der Waals surface area contributed by atoms with Crippen LogP contribution in [-0.4, -0.2) is 53.7 Å². The third kappa shape index (κ3) is 3.80. The van der Waals surface area contributed by atoms with Crippen LogP contribution in [0.1, 0.15) is 24.3 Å². The second-order valence-corrected chi connectivity index (χ2v) is 6.70. The van der Waals surface area contributed by atoms with Gasteiger partial charge in [-0.2, -0.15) is 0 Å². The smallest absolute Gasteiger partial charge is 0.104 e. The second kappa shape index (κ2) is 6.06. The molecule has 1 aliphatic rings. The number of aliphatic hydroxyl groups excluding tert-OH is 1. The highest BCUT2D eigenvalue weighted by molar-refractivity contribution is 7.10. The fourth-order valence-electron chi connectivity index (χ4n) is 2.37. The number of hydrogen-bond acceptors (Lipinski definition) is 4. The van der Waals surface area contributed by atoms with Crippen LogP contribution in [0.3, 0.4) is 0 Å². The Labute approximate surface area is 119 Å². The normalized spacial score (nSPS) is 20.0. The lowest BCUT2D eigenvalue weighted by molar-refractivity contribution is 0.0365. The standard InChI is InChI=1S/C15H22N2OS/c1-15(2)12-17(7-6-16(15)3)10-14-9-13(11-19-14)5-4-8-18/h9,11,18H,6-8,10,12H2,1-3H3. The molecule has 3 nitrogen and oxygen atoms in total. The Morgan fingerprint density at radius 3 is 2.89 bits per heavy atom. The Morgan fingerprint density at radius 1 is 1.42 bits per heavy atom. The maximum atomic E-state index is 8.69. The maximum absolute atomic E-state index is 8.69. The summed E-state index contributed by atoms with van der Waals surface area (Å²) in [6.45, 7) is 8.86. The van der Waals surface area contributed by atoms with Crippen LogP contribution in [0.2, 0.25) is 0 Å². The van der Waals surface area contributed by atoms with Crippen LogP contribution in [0.4, 0.5) is 0 Å². The number of thiophene rings is 1. The third-order valence-electron chi connectivity index (χ3n) is 3.74. The number of nitrogens with zero attached hydrogens (tertiary/aromatic N) is 2. The van der Waals surface area contributed by atoms with Crippen LogP contribution in [0.5, 0.6) is 0 Å². The third-order valence-corrected chi connectivity index (χ3v) is 4.66. The summed E-state index contributed by atoms with van der Waals surface area (Å²) < 4.78 is 0. The molecule has 0 unspecified atom stereocenters. The largest absolute Gasteiger partial charge is 0.384 e. The molecule has 0 atom stereocenters. The molecular formula is C15H22N2OS. The molecule has 0 saturated carbocycles. The lowest BCUT2D eigenvalue weighted by Gasteiger charge is -2.45. The van der Waals surface area contributed by atoms with Gasteiger partial charge in [0.1, 0.15) is 6.61 Å². The van der Waals surface area contributed by atoms with Crippen molar-refractivity contribution < 1.29 is 5.11 Å². The summed E-state index contributed by atoms with van der Waals surface area (Å²) in [4.78, 5) is 6.29. The number of piperazine rings is 1. The zero-order valence-corrected chi connectivity index (χ0v) is 12.8. The van der Waals surface area contributed by atoms with E-state index in [-0.39, 0.29) is 12.1 Å². The molecule has 19 heavy (non-hydrogen) atoms. The molecule has 2 rings (SSSR count). The summed E-state index contributed by atoms with van der Waals surface area (Å²) in [5.41, 5.74) is 1.26. The molecule has 1 fully saturated rings. The molecule has 0 bridgehead atoms. The van der Waals surface area contributed by atoms with Crippen molar-refractivity contribution in [2.24, 2.45) is 0 Å². The minimum atomic E-state index is -0.0716. The zero-order valence-electron chi connectivity index (χ0n) is 11.9. The van der Waals surface area contributed by atoms with E-state index in [4.69, 9.17) is 5.11 Å². The molecule has 1 aliphatic heterocycles. The highest BCUT2D eigenvalue weighted by Crippen LogP contribution is 2.22. The molecule has 1 N–H and O–H groups in total. The van der Waals surface area contributed by atoms with E-state index < -0.39 is 0 Å². The van der Waals surface area contributed by atoms with Gasteiger partial charge in [0, 0.05) is 47.5 Å². The van der Waals surface area contributed by atoms with Gasteiger partial charge in [0.05, 0.1) is 0 Å². The summed E-state index contributed by atoms with van der Waals surface area (Å²) in [5.74, 6) is 5.65. The first kappa shape index (κ1) is 14.5. The summed E-state index contributed by atoms with van der Waals surface area (Å²) in [6, 6.07) is 2.14.